The minimum Gasteiger partial charge on any atom is -0.383 e. The number of nitrogens with zero attached hydrogens (tertiary/aromatic N) is 3. The molecule has 0 radical (unpaired) electrons. The molecule has 156 valence electrons. The van der Waals surface area contributed by atoms with E-state index >= 15 is 0 Å². The minimum absolute atomic E-state index is 0.476. The number of aryl methyl sites for hydroxylation is 3. The smallest absolute Gasteiger partial charge is 0.158 e. The highest BCUT2D eigenvalue weighted by Gasteiger charge is 2.23. The molecular weight excluding hydrogens is 390 g/mol. The summed E-state index contributed by atoms with van der Waals surface area (Å²) < 4.78 is 2.02. The zero-order valence-corrected chi connectivity index (χ0v) is 19.1. The Labute approximate surface area is 182 Å². The first kappa shape index (κ1) is 20.8. The first-order valence-electron chi connectivity index (χ1n) is 10.6. The van der Waals surface area contributed by atoms with Crippen LogP contribution in [-0.2, 0) is 0 Å². The van der Waals surface area contributed by atoms with E-state index in [1.807, 2.05) is 34.8 Å². The third-order valence-corrected chi connectivity index (χ3v) is 7.17. The fourth-order valence-electron chi connectivity index (χ4n) is 4.24. The molecule has 0 aliphatic rings. The molecule has 0 aliphatic carbocycles. The van der Waals surface area contributed by atoms with E-state index in [2.05, 4.69) is 46.8 Å². The summed E-state index contributed by atoms with van der Waals surface area (Å²) in [5, 5.41) is 15.7. The fraction of sp³-hybridized carbons (Fsp3) is 0.360. The van der Waals surface area contributed by atoms with Crippen molar-refractivity contribution in [2.24, 2.45) is 0 Å². The van der Waals surface area contributed by atoms with Crippen LogP contribution in [0.3, 0.4) is 0 Å². The molecule has 1 N–H and O–H groups in total. The van der Waals surface area contributed by atoms with Gasteiger partial charge in [-0.05, 0) is 62.8 Å². The van der Waals surface area contributed by atoms with Gasteiger partial charge in [-0.3, -0.25) is 0 Å². The predicted molar refractivity (Wildman–Crippen MR) is 124 cm³/mol. The van der Waals surface area contributed by atoms with Gasteiger partial charge in [0.2, 0.25) is 0 Å². The molecule has 0 aliphatic heterocycles. The molecule has 5 heteroatoms. The summed E-state index contributed by atoms with van der Waals surface area (Å²) in [6.45, 7) is 10.7. The van der Waals surface area contributed by atoms with Gasteiger partial charge in [-0.2, -0.15) is 5.10 Å². The summed E-state index contributed by atoms with van der Waals surface area (Å²) >= 11 is 1.63. The van der Waals surface area contributed by atoms with Gasteiger partial charge < -0.3 is 5.11 Å². The number of aliphatic hydroxyl groups excluding tert-OH is 1. The molecule has 4 nitrogen and oxygen atoms in total. The second-order valence-electron chi connectivity index (χ2n) is 8.01. The Morgan fingerprint density at radius 1 is 1.03 bits per heavy atom. The van der Waals surface area contributed by atoms with Crippen molar-refractivity contribution in [1.82, 2.24) is 14.6 Å². The summed E-state index contributed by atoms with van der Waals surface area (Å²) in [6, 6.07) is 14.1. The molecule has 3 heterocycles. The molecule has 0 amide bonds. The topological polar surface area (TPSA) is 50.4 Å². The van der Waals surface area contributed by atoms with Crippen molar-refractivity contribution in [2.45, 2.75) is 59.5 Å². The maximum atomic E-state index is 10.9. The highest BCUT2D eigenvalue weighted by Crippen LogP contribution is 2.39. The van der Waals surface area contributed by atoms with Crippen LogP contribution in [0.25, 0.3) is 16.2 Å². The Hall–Kier alpha value is -2.50. The van der Waals surface area contributed by atoms with E-state index in [0.717, 1.165) is 56.5 Å². The average molecular weight is 420 g/mol. The number of aliphatic hydroxyl groups is 1. The number of thiophene rings is 1. The lowest BCUT2D eigenvalue weighted by Crippen LogP contribution is -2.05. The van der Waals surface area contributed by atoms with E-state index in [9.17, 15) is 5.11 Å². The van der Waals surface area contributed by atoms with Crippen molar-refractivity contribution in [3.63, 3.8) is 0 Å². The zero-order valence-electron chi connectivity index (χ0n) is 18.3. The standard InChI is InChI=1S/C25H29N3OS/c1-6-18(7-2)20-14-16(4)27-28-22(17(5)26-25(20)28)24-15(3)13-21(30-24)23(29)19-11-9-8-10-12-19/h8-14,18,23,29H,6-7H2,1-5H3. The van der Waals surface area contributed by atoms with Gasteiger partial charge in [0.25, 0.3) is 0 Å². The van der Waals surface area contributed by atoms with Crippen molar-refractivity contribution in [1.29, 1.82) is 0 Å². The third kappa shape index (κ3) is 3.57. The normalized spacial score (nSPS) is 12.8. The molecule has 1 atom stereocenters. The van der Waals surface area contributed by atoms with Gasteiger partial charge in [0.15, 0.2) is 5.65 Å². The van der Waals surface area contributed by atoms with Crippen LogP contribution in [0.15, 0.2) is 42.5 Å². The van der Waals surface area contributed by atoms with Crippen LogP contribution < -0.4 is 0 Å². The molecule has 4 aromatic rings. The van der Waals surface area contributed by atoms with Gasteiger partial charge in [0, 0.05) is 10.4 Å². The van der Waals surface area contributed by atoms with E-state index < -0.39 is 6.10 Å². The predicted octanol–water partition coefficient (Wildman–Crippen LogP) is 6.37. The van der Waals surface area contributed by atoms with Gasteiger partial charge >= 0.3 is 0 Å². The number of benzene rings is 1. The first-order valence-corrected chi connectivity index (χ1v) is 11.5. The van der Waals surface area contributed by atoms with Gasteiger partial charge in [-0.1, -0.05) is 44.2 Å². The number of hydrogen-bond acceptors (Lipinski definition) is 4. The van der Waals surface area contributed by atoms with Gasteiger partial charge in [0.1, 0.15) is 11.8 Å². The molecule has 4 rings (SSSR count). The van der Waals surface area contributed by atoms with Crippen LogP contribution in [0.1, 0.15) is 71.7 Å². The highest BCUT2D eigenvalue weighted by atomic mass is 32.1. The SMILES string of the molecule is CCC(CC)c1cc(C)nn2c(-c3sc(C(O)c4ccccc4)cc3C)c(C)nc12. The van der Waals surface area contributed by atoms with Crippen molar-refractivity contribution in [3.05, 3.63) is 75.4 Å². The maximum absolute atomic E-state index is 10.9. The summed E-state index contributed by atoms with van der Waals surface area (Å²) in [6.07, 6.45) is 1.54. The lowest BCUT2D eigenvalue weighted by molar-refractivity contribution is 0.224. The first-order chi connectivity index (χ1) is 14.4. The number of fused-ring (bicyclic) bond motifs is 1. The monoisotopic (exact) mass is 419 g/mol. The summed E-state index contributed by atoms with van der Waals surface area (Å²) in [7, 11) is 0. The maximum Gasteiger partial charge on any atom is 0.158 e. The molecule has 0 spiro atoms. The number of imidazole rings is 1. The van der Waals surface area contributed by atoms with Crippen molar-refractivity contribution < 1.29 is 5.11 Å². The summed E-state index contributed by atoms with van der Waals surface area (Å²) in [5.41, 5.74) is 7.30. The second-order valence-corrected chi connectivity index (χ2v) is 9.09. The summed E-state index contributed by atoms with van der Waals surface area (Å²) in [5.74, 6) is 0.476. The van der Waals surface area contributed by atoms with Crippen LogP contribution in [-0.4, -0.2) is 19.7 Å². The molecule has 1 unspecified atom stereocenters. The second kappa shape index (κ2) is 8.32. The molecule has 1 aromatic carbocycles. The van der Waals surface area contributed by atoms with E-state index in [1.54, 1.807) is 11.3 Å². The van der Waals surface area contributed by atoms with Crippen molar-refractivity contribution in [3.8, 4) is 10.6 Å². The van der Waals surface area contributed by atoms with E-state index in [0.29, 0.717) is 5.92 Å². The van der Waals surface area contributed by atoms with Gasteiger partial charge in [-0.25, -0.2) is 9.50 Å². The molecule has 3 aromatic heterocycles. The van der Waals surface area contributed by atoms with Crippen LogP contribution in [0.4, 0.5) is 0 Å². The lowest BCUT2D eigenvalue weighted by atomic mass is 9.95. The Bertz CT molecular complexity index is 1170. The molecule has 0 fully saturated rings. The fourth-order valence-corrected chi connectivity index (χ4v) is 5.51. The quantitative estimate of drug-likeness (QED) is 0.395. The van der Waals surface area contributed by atoms with E-state index in [4.69, 9.17) is 10.1 Å². The average Bonchev–Trinajstić information content (AvgIpc) is 3.27. The zero-order chi connectivity index (χ0) is 21.4. The molecule has 0 bridgehead atoms. The Morgan fingerprint density at radius 2 is 1.73 bits per heavy atom. The van der Waals surface area contributed by atoms with Crippen LogP contribution >= 0.6 is 11.3 Å². The van der Waals surface area contributed by atoms with E-state index in [-0.39, 0.29) is 0 Å². The third-order valence-electron chi connectivity index (χ3n) is 5.87. The molecule has 0 saturated heterocycles. The molecular formula is C25H29N3OS. The number of hydrogen-bond donors (Lipinski definition) is 1. The van der Waals surface area contributed by atoms with Gasteiger partial charge in [0.05, 0.1) is 16.3 Å². The number of aromatic nitrogens is 3. The lowest BCUT2D eigenvalue weighted by Gasteiger charge is -2.14. The highest BCUT2D eigenvalue weighted by molar-refractivity contribution is 7.15. The van der Waals surface area contributed by atoms with Crippen LogP contribution in [0.5, 0.6) is 0 Å². The molecule has 0 saturated carbocycles. The summed E-state index contributed by atoms with van der Waals surface area (Å²) in [4.78, 5) is 7.01. The van der Waals surface area contributed by atoms with Crippen LogP contribution in [0, 0.1) is 20.8 Å². The van der Waals surface area contributed by atoms with Crippen molar-refractivity contribution >= 4 is 17.0 Å². The largest absolute Gasteiger partial charge is 0.383 e. The minimum atomic E-state index is -0.627. The van der Waals surface area contributed by atoms with Gasteiger partial charge in [-0.15, -0.1) is 11.3 Å². The Morgan fingerprint density at radius 3 is 2.40 bits per heavy atom. The van der Waals surface area contributed by atoms with E-state index in [1.165, 1.54) is 5.56 Å². The van der Waals surface area contributed by atoms with Crippen LogP contribution in [0.2, 0.25) is 0 Å². The Balaban J connectivity index is 1.86. The molecule has 30 heavy (non-hydrogen) atoms. The Kier molecular flexibility index (Phi) is 5.76. The van der Waals surface area contributed by atoms with Crippen molar-refractivity contribution in [2.75, 3.05) is 0 Å². The number of rotatable bonds is 6.